The van der Waals surface area contributed by atoms with Crippen LogP contribution >= 0.6 is 0 Å². The first-order chi connectivity index (χ1) is 14.6. The highest BCUT2D eigenvalue weighted by Gasteiger charge is 2.33. The number of benzene rings is 3. The smallest absolute Gasteiger partial charge is 0.115 e. The van der Waals surface area contributed by atoms with E-state index in [1.165, 1.54) is 5.69 Å². The summed E-state index contributed by atoms with van der Waals surface area (Å²) in [5.74, 6) is 0. The van der Waals surface area contributed by atoms with Gasteiger partial charge in [0, 0.05) is 5.69 Å². The van der Waals surface area contributed by atoms with Gasteiger partial charge in [-0.05, 0) is 36.1 Å². The minimum Gasteiger partial charge on any atom is -0.380 e. The molecule has 0 spiro atoms. The summed E-state index contributed by atoms with van der Waals surface area (Å²) in [4.78, 5) is 2.49. The van der Waals surface area contributed by atoms with E-state index in [1.54, 1.807) is 0 Å². The molecule has 1 N–H and O–H groups in total. The maximum Gasteiger partial charge on any atom is 0.115 e. The molecule has 0 saturated carbocycles. The van der Waals surface area contributed by atoms with E-state index >= 15 is 0 Å². The first-order valence-corrected chi connectivity index (χ1v) is 11.1. The summed E-state index contributed by atoms with van der Waals surface area (Å²) in [5, 5.41) is 11.7. The average Bonchev–Trinajstić information content (AvgIpc) is 2.81. The average molecular weight is 402 g/mol. The van der Waals surface area contributed by atoms with Crippen molar-refractivity contribution < 1.29 is 9.59 Å². The molecule has 1 fully saturated rings. The monoisotopic (exact) mass is 401 g/mol. The Morgan fingerprint density at radius 1 is 0.767 bits per heavy atom. The van der Waals surface area contributed by atoms with E-state index in [4.69, 9.17) is 0 Å². The number of hydrogen-bond donors (Lipinski definition) is 1. The Bertz CT molecular complexity index is 864. The van der Waals surface area contributed by atoms with Crippen LogP contribution in [0.15, 0.2) is 91.0 Å². The van der Waals surface area contributed by atoms with E-state index in [2.05, 4.69) is 42.3 Å². The van der Waals surface area contributed by atoms with Crippen LogP contribution in [0, 0.1) is 0 Å². The van der Waals surface area contributed by atoms with Gasteiger partial charge in [-0.1, -0.05) is 78.9 Å². The number of nitrogens with zero attached hydrogens (tertiary/aromatic N) is 2. The van der Waals surface area contributed by atoms with Gasteiger partial charge in [-0.15, -0.1) is 0 Å². The Kier molecular flexibility index (Phi) is 6.21. The molecular formula is C27H33N2O+. The molecular weight excluding hydrogens is 368 g/mol. The zero-order valence-corrected chi connectivity index (χ0v) is 18.0. The van der Waals surface area contributed by atoms with Gasteiger partial charge in [-0.25, -0.2) is 0 Å². The van der Waals surface area contributed by atoms with Crippen LogP contribution < -0.4 is 4.90 Å². The Labute approximate surface area is 180 Å². The van der Waals surface area contributed by atoms with Crippen LogP contribution in [0.25, 0.3) is 0 Å². The van der Waals surface area contributed by atoms with Crippen molar-refractivity contribution in [3.05, 3.63) is 102 Å². The number of para-hydroxylation sites is 1. The van der Waals surface area contributed by atoms with Crippen LogP contribution in [0.1, 0.15) is 24.0 Å². The van der Waals surface area contributed by atoms with Crippen LogP contribution in [0.5, 0.6) is 0 Å². The summed E-state index contributed by atoms with van der Waals surface area (Å²) >= 11 is 0. The van der Waals surface area contributed by atoms with Gasteiger partial charge in [-0.3, -0.25) is 0 Å². The molecule has 3 aromatic rings. The number of rotatable bonds is 7. The Hall–Kier alpha value is -2.62. The van der Waals surface area contributed by atoms with Gasteiger partial charge in [0.1, 0.15) is 5.60 Å². The van der Waals surface area contributed by atoms with Gasteiger partial charge in [0.25, 0.3) is 0 Å². The van der Waals surface area contributed by atoms with Crippen LogP contribution in [0.3, 0.4) is 0 Å². The standard InChI is InChI=1S/C27H33N2O/c1-29(22-19-28(20-23-29)26-16-9-4-10-17-26)21-11-18-27(30,24-12-5-2-6-13-24)25-14-7-3-8-15-25/h2-10,12-17,30H,11,18-23H2,1H3/q+1. The quantitative estimate of drug-likeness (QED) is 0.582. The highest BCUT2D eigenvalue weighted by Crippen LogP contribution is 2.34. The van der Waals surface area contributed by atoms with Gasteiger partial charge in [0.15, 0.2) is 0 Å². The second-order valence-electron chi connectivity index (χ2n) is 8.81. The lowest BCUT2D eigenvalue weighted by atomic mass is 9.82. The molecule has 0 bridgehead atoms. The minimum atomic E-state index is -0.937. The van der Waals surface area contributed by atoms with E-state index in [-0.39, 0.29) is 0 Å². The van der Waals surface area contributed by atoms with Crippen LogP contribution in [0.4, 0.5) is 5.69 Å². The molecule has 3 heteroatoms. The number of likely N-dealkylation sites (N-methyl/N-ethyl adjacent to an activating group) is 1. The number of aliphatic hydroxyl groups is 1. The predicted octanol–water partition coefficient (Wildman–Crippen LogP) is 4.67. The van der Waals surface area contributed by atoms with Crippen LogP contribution in [-0.2, 0) is 5.60 Å². The fourth-order valence-corrected chi connectivity index (χ4v) is 4.67. The lowest BCUT2D eigenvalue weighted by Gasteiger charge is -2.43. The normalized spacial score (nSPS) is 16.4. The maximum absolute atomic E-state index is 11.7. The summed E-state index contributed by atoms with van der Waals surface area (Å²) < 4.78 is 1.07. The van der Waals surface area contributed by atoms with E-state index in [0.29, 0.717) is 0 Å². The molecule has 30 heavy (non-hydrogen) atoms. The second-order valence-corrected chi connectivity index (χ2v) is 8.81. The fourth-order valence-electron chi connectivity index (χ4n) is 4.67. The number of piperazine rings is 1. The molecule has 4 rings (SSSR count). The first-order valence-electron chi connectivity index (χ1n) is 11.1. The molecule has 3 nitrogen and oxygen atoms in total. The lowest BCUT2D eigenvalue weighted by Crippen LogP contribution is -2.57. The van der Waals surface area contributed by atoms with E-state index in [9.17, 15) is 5.11 Å². The largest absolute Gasteiger partial charge is 0.380 e. The van der Waals surface area contributed by atoms with Gasteiger partial charge >= 0.3 is 0 Å². The Balaban J connectivity index is 1.40. The first kappa shape index (κ1) is 20.6. The van der Waals surface area contributed by atoms with Crippen LogP contribution in [0.2, 0.25) is 0 Å². The molecule has 0 aromatic heterocycles. The van der Waals surface area contributed by atoms with Gasteiger partial charge in [0.05, 0.1) is 39.8 Å². The van der Waals surface area contributed by atoms with Crippen molar-refractivity contribution in [2.75, 3.05) is 44.7 Å². The van der Waals surface area contributed by atoms with E-state index < -0.39 is 5.60 Å². The number of hydrogen-bond acceptors (Lipinski definition) is 2. The highest BCUT2D eigenvalue weighted by atomic mass is 16.3. The van der Waals surface area contributed by atoms with Gasteiger partial charge in [-0.2, -0.15) is 0 Å². The lowest BCUT2D eigenvalue weighted by molar-refractivity contribution is -0.910. The third-order valence-electron chi connectivity index (χ3n) is 6.68. The molecule has 1 aliphatic heterocycles. The minimum absolute atomic E-state index is 0.733. The molecule has 1 aliphatic rings. The molecule has 0 aliphatic carbocycles. The predicted molar refractivity (Wildman–Crippen MR) is 125 cm³/mol. The fraction of sp³-hybridized carbons (Fsp3) is 0.333. The van der Waals surface area contributed by atoms with Gasteiger partial charge < -0.3 is 14.5 Å². The summed E-state index contributed by atoms with van der Waals surface area (Å²) in [6.07, 6.45) is 1.72. The van der Waals surface area contributed by atoms with Crippen molar-refractivity contribution >= 4 is 5.69 Å². The summed E-state index contributed by atoms with van der Waals surface area (Å²) in [7, 11) is 2.37. The molecule has 0 atom stereocenters. The van der Waals surface area contributed by atoms with Gasteiger partial charge in [0.2, 0.25) is 0 Å². The maximum atomic E-state index is 11.7. The summed E-state index contributed by atoms with van der Waals surface area (Å²) in [6.45, 7) is 5.54. The highest BCUT2D eigenvalue weighted by molar-refractivity contribution is 5.46. The SMILES string of the molecule is C[N+]1(CCCC(O)(c2ccccc2)c2ccccc2)CCN(c2ccccc2)CC1. The zero-order valence-electron chi connectivity index (χ0n) is 18.0. The molecule has 3 aromatic carbocycles. The second kappa shape index (κ2) is 9.03. The van der Waals surface area contributed by atoms with Crippen molar-refractivity contribution in [1.82, 2.24) is 0 Å². The van der Waals surface area contributed by atoms with Crippen molar-refractivity contribution in [3.8, 4) is 0 Å². The molecule has 156 valence electrons. The third kappa shape index (κ3) is 4.58. The molecule has 0 amide bonds. The zero-order chi connectivity index (χ0) is 20.9. The van der Waals surface area contributed by atoms with Crippen molar-refractivity contribution in [3.63, 3.8) is 0 Å². The Morgan fingerprint density at radius 3 is 1.73 bits per heavy atom. The summed E-state index contributed by atoms with van der Waals surface area (Å²) in [6, 6.07) is 31.0. The van der Waals surface area contributed by atoms with Crippen molar-refractivity contribution in [2.24, 2.45) is 0 Å². The van der Waals surface area contributed by atoms with Crippen molar-refractivity contribution in [1.29, 1.82) is 0 Å². The molecule has 0 radical (unpaired) electrons. The molecule has 1 saturated heterocycles. The third-order valence-corrected chi connectivity index (χ3v) is 6.68. The number of anilines is 1. The molecule has 0 unspecified atom stereocenters. The van der Waals surface area contributed by atoms with E-state index in [0.717, 1.165) is 61.2 Å². The number of quaternary nitrogens is 1. The summed E-state index contributed by atoms with van der Waals surface area (Å²) in [5.41, 5.74) is 2.35. The topological polar surface area (TPSA) is 23.5 Å². The Morgan fingerprint density at radius 2 is 1.23 bits per heavy atom. The molecule has 1 heterocycles. The van der Waals surface area contributed by atoms with Crippen molar-refractivity contribution in [2.45, 2.75) is 18.4 Å². The van der Waals surface area contributed by atoms with E-state index in [1.807, 2.05) is 60.7 Å². The van der Waals surface area contributed by atoms with Crippen LogP contribution in [-0.4, -0.2) is 49.4 Å².